The molecule has 0 spiro atoms. The number of hydrogen-bond donors (Lipinski definition) is 1. The molecule has 3 aromatic rings. The van der Waals surface area contributed by atoms with Crippen LogP contribution in [0.25, 0.3) is 0 Å². The van der Waals surface area contributed by atoms with Gasteiger partial charge in [-0.25, -0.2) is 4.79 Å². The monoisotopic (exact) mass is 508 g/mol. The van der Waals surface area contributed by atoms with E-state index in [1.807, 2.05) is 18.2 Å². The maximum Gasteiger partial charge on any atom is 0.337 e. The zero-order valence-electron chi connectivity index (χ0n) is 19.6. The van der Waals surface area contributed by atoms with Crippen LogP contribution in [0.1, 0.15) is 26.3 Å². The van der Waals surface area contributed by atoms with Gasteiger partial charge in [-0.3, -0.25) is 19.8 Å². The molecule has 36 heavy (non-hydrogen) atoms. The number of nitrogens with one attached hydrogen (secondary N) is 1. The summed E-state index contributed by atoms with van der Waals surface area (Å²) < 4.78 is 4.83. The molecule has 0 aliphatic carbocycles. The zero-order valence-corrected chi connectivity index (χ0v) is 20.4. The first-order chi connectivity index (χ1) is 17.4. The summed E-state index contributed by atoms with van der Waals surface area (Å²) in [4.78, 5) is 40.3. The molecule has 1 heterocycles. The van der Waals surface area contributed by atoms with Crippen molar-refractivity contribution in [3.05, 3.63) is 98.6 Å². The fourth-order valence-electron chi connectivity index (χ4n) is 4.14. The first kappa shape index (κ1) is 25.2. The number of ether oxygens (including phenoxy) is 1. The van der Waals surface area contributed by atoms with Gasteiger partial charge in [0.25, 0.3) is 11.6 Å². The van der Waals surface area contributed by atoms with E-state index in [-0.39, 0.29) is 21.8 Å². The average molecular weight is 509 g/mol. The Hall–Kier alpha value is -3.95. The molecule has 0 aromatic heterocycles. The van der Waals surface area contributed by atoms with E-state index < -0.39 is 16.8 Å². The van der Waals surface area contributed by atoms with Gasteiger partial charge in [-0.1, -0.05) is 41.9 Å². The summed E-state index contributed by atoms with van der Waals surface area (Å²) in [6.45, 7) is 3.91. The van der Waals surface area contributed by atoms with Crippen LogP contribution in [0.4, 0.5) is 17.1 Å². The van der Waals surface area contributed by atoms with Gasteiger partial charge in [0.2, 0.25) is 0 Å². The standard InChI is InChI=1S/C26H25ClN4O5/c1-36-26(33)19-7-10-24(30-13-11-29(12-14-30)17-18-5-3-2-4-6-18)23(15-19)28-25(32)21-16-20(31(34)35)8-9-22(21)27/h2-10,15-16H,11-14,17H2,1H3,(H,28,32). The highest BCUT2D eigenvalue weighted by Gasteiger charge is 2.23. The Morgan fingerprint density at radius 3 is 2.42 bits per heavy atom. The number of hydrogen-bond acceptors (Lipinski definition) is 7. The number of benzene rings is 3. The van der Waals surface area contributed by atoms with Gasteiger partial charge >= 0.3 is 5.97 Å². The number of amides is 1. The van der Waals surface area contributed by atoms with Gasteiger partial charge in [0, 0.05) is 44.9 Å². The molecule has 0 saturated carbocycles. The summed E-state index contributed by atoms with van der Waals surface area (Å²) in [6, 6.07) is 18.9. The molecule has 1 aliphatic heterocycles. The summed E-state index contributed by atoms with van der Waals surface area (Å²) in [7, 11) is 1.28. The predicted octanol–water partition coefficient (Wildman–Crippen LogP) is 4.61. The number of esters is 1. The van der Waals surface area contributed by atoms with E-state index in [0.717, 1.165) is 31.4 Å². The molecule has 1 fully saturated rings. The maximum atomic E-state index is 13.1. The van der Waals surface area contributed by atoms with Crippen molar-refractivity contribution < 1.29 is 19.2 Å². The predicted molar refractivity (Wildman–Crippen MR) is 138 cm³/mol. The molecule has 0 unspecified atom stereocenters. The van der Waals surface area contributed by atoms with Crippen LogP contribution in [0.15, 0.2) is 66.7 Å². The molecule has 0 bridgehead atoms. The van der Waals surface area contributed by atoms with Gasteiger partial charge in [-0.2, -0.15) is 0 Å². The molecular formula is C26H25ClN4O5. The molecule has 1 N–H and O–H groups in total. The van der Waals surface area contributed by atoms with E-state index in [1.165, 1.54) is 24.8 Å². The second-order valence-electron chi connectivity index (χ2n) is 8.35. The number of anilines is 2. The average Bonchev–Trinajstić information content (AvgIpc) is 2.89. The maximum absolute atomic E-state index is 13.1. The van der Waals surface area contributed by atoms with Crippen LogP contribution in [0, 0.1) is 10.1 Å². The van der Waals surface area contributed by atoms with Gasteiger partial charge in [-0.05, 0) is 29.8 Å². The number of nitrogens with zero attached hydrogens (tertiary/aromatic N) is 3. The number of piperazine rings is 1. The first-order valence-corrected chi connectivity index (χ1v) is 11.7. The lowest BCUT2D eigenvalue weighted by atomic mass is 10.1. The third-order valence-electron chi connectivity index (χ3n) is 6.03. The molecule has 3 aromatic carbocycles. The number of rotatable bonds is 7. The van der Waals surface area contributed by atoms with Crippen LogP contribution >= 0.6 is 11.6 Å². The molecule has 1 aliphatic rings. The number of nitro groups is 1. The van der Waals surface area contributed by atoms with Crippen LogP contribution in [0.3, 0.4) is 0 Å². The number of halogens is 1. The summed E-state index contributed by atoms with van der Waals surface area (Å²) in [5, 5.41) is 14.0. The lowest BCUT2D eigenvalue weighted by Gasteiger charge is -2.37. The van der Waals surface area contributed by atoms with Gasteiger partial charge in [0.05, 0.1) is 39.6 Å². The van der Waals surface area contributed by atoms with E-state index in [1.54, 1.807) is 18.2 Å². The summed E-state index contributed by atoms with van der Waals surface area (Å²) >= 11 is 6.16. The highest BCUT2D eigenvalue weighted by Crippen LogP contribution is 2.31. The summed E-state index contributed by atoms with van der Waals surface area (Å²) in [5.74, 6) is -1.16. The summed E-state index contributed by atoms with van der Waals surface area (Å²) in [5.41, 5.74) is 2.36. The molecule has 4 rings (SSSR count). The van der Waals surface area contributed by atoms with Crippen molar-refractivity contribution in [3.8, 4) is 0 Å². The van der Waals surface area contributed by atoms with Crippen LogP contribution in [0.2, 0.25) is 5.02 Å². The molecule has 9 nitrogen and oxygen atoms in total. The fourth-order valence-corrected chi connectivity index (χ4v) is 4.34. The Morgan fingerprint density at radius 2 is 1.75 bits per heavy atom. The van der Waals surface area contributed by atoms with Gasteiger partial charge < -0.3 is 15.0 Å². The van der Waals surface area contributed by atoms with E-state index in [2.05, 4.69) is 27.2 Å². The number of non-ortho nitro benzene ring substituents is 1. The lowest BCUT2D eigenvalue weighted by Crippen LogP contribution is -2.46. The van der Waals surface area contributed by atoms with Crippen molar-refractivity contribution in [1.29, 1.82) is 0 Å². The number of carbonyl (C=O) groups is 2. The third kappa shape index (κ3) is 5.81. The van der Waals surface area contributed by atoms with Crippen LogP contribution in [0.5, 0.6) is 0 Å². The molecule has 0 atom stereocenters. The minimum Gasteiger partial charge on any atom is -0.465 e. The largest absolute Gasteiger partial charge is 0.465 e. The molecule has 1 amide bonds. The normalized spacial score (nSPS) is 13.8. The Balaban J connectivity index is 1.56. The quantitative estimate of drug-likeness (QED) is 0.282. The highest BCUT2D eigenvalue weighted by molar-refractivity contribution is 6.34. The Bertz CT molecular complexity index is 1280. The van der Waals surface area contributed by atoms with Crippen LogP contribution < -0.4 is 10.2 Å². The van der Waals surface area contributed by atoms with Gasteiger partial charge in [-0.15, -0.1) is 0 Å². The number of nitro benzene ring substituents is 1. The van der Waals surface area contributed by atoms with Crippen molar-refractivity contribution in [3.63, 3.8) is 0 Å². The van der Waals surface area contributed by atoms with Crippen LogP contribution in [-0.4, -0.2) is 55.0 Å². The second kappa shape index (κ2) is 11.2. The lowest BCUT2D eigenvalue weighted by molar-refractivity contribution is -0.384. The van der Waals surface area contributed by atoms with Crippen molar-refractivity contribution in [2.45, 2.75) is 6.54 Å². The fraction of sp³-hybridized carbons (Fsp3) is 0.231. The van der Waals surface area contributed by atoms with Crippen molar-refractivity contribution >= 4 is 40.5 Å². The molecule has 0 radical (unpaired) electrons. The summed E-state index contributed by atoms with van der Waals surface area (Å²) in [6.07, 6.45) is 0. The Kier molecular flexibility index (Phi) is 7.82. The topological polar surface area (TPSA) is 105 Å². The third-order valence-corrected chi connectivity index (χ3v) is 6.36. The van der Waals surface area contributed by atoms with Crippen LogP contribution in [-0.2, 0) is 11.3 Å². The Labute approximate surface area is 213 Å². The zero-order chi connectivity index (χ0) is 25.7. The van der Waals surface area contributed by atoms with Gasteiger partial charge in [0.15, 0.2) is 0 Å². The van der Waals surface area contributed by atoms with E-state index in [9.17, 15) is 19.7 Å². The van der Waals surface area contributed by atoms with E-state index in [0.29, 0.717) is 18.8 Å². The highest BCUT2D eigenvalue weighted by atomic mass is 35.5. The van der Waals surface area contributed by atoms with E-state index >= 15 is 0 Å². The van der Waals surface area contributed by atoms with Crippen molar-refractivity contribution in [2.75, 3.05) is 43.5 Å². The number of methoxy groups -OCH3 is 1. The second-order valence-corrected chi connectivity index (χ2v) is 8.75. The first-order valence-electron chi connectivity index (χ1n) is 11.3. The molecule has 186 valence electrons. The van der Waals surface area contributed by atoms with Crippen molar-refractivity contribution in [1.82, 2.24) is 4.90 Å². The van der Waals surface area contributed by atoms with Crippen molar-refractivity contribution in [2.24, 2.45) is 0 Å². The molecule has 1 saturated heterocycles. The Morgan fingerprint density at radius 1 is 1.03 bits per heavy atom. The molecule has 10 heteroatoms. The van der Waals surface area contributed by atoms with Gasteiger partial charge in [0.1, 0.15) is 0 Å². The SMILES string of the molecule is COC(=O)c1ccc(N2CCN(Cc3ccccc3)CC2)c(NC(=O)c2cc([N+](=O)[O-])ccc2Cl)c1. The molecular weight excluding hydrogens is 484 g/mol. The minimum atomic E-state index is -0.616. The van der Waals surface area contributed by atoms with E-state index in [4.69, 9.17) is 16.3 Å². The number of carbonyl (C=O) groups excluding carboxylic acids is 2. The smallest absolute Gasteiger partial charge is 0.337 e. The minimum absolute atomic E-state index is 0.0343.